The van der Waals surface area contributed by atoms with Crippen molar-refractivity contribution < 1.29 is 0 Å². The molecule has 2 aromatic rings. The fraction of sp³-hybridized carbons (Fsp3) is 0.250. The summed E-state index contributed by atoms with van der Waals surface area (Å²) in [5, 5.41) is 6.83. The van der Waals surface area contributed by atoms with E-state index in [1.165, 1.54) is 5.56 Å². The molecule has 0 aliphatic carbocycles. The minimum absolute atomic E-state index is 0.564. The predicted molar refractivity (Wildman–Crippen MR) is 89.2 cm³/mol. The summed E-state index contributed by atoms with van der Waals surface area (Å²) in [5.74, 6) is 0.588. The lowest BCUT2D eigenvalue weighted by Gasteiger charge is -2.12. The zero-order valence-electron chi connectivity index (χ0n) is 11.8. The number of benzene rings is 1. The summed E-state index contributed by atoms with van der Waals surface area (Å²) in [6, 6.07) is 12.2. The predicted octanol–water partition coefficient (Wildman–Crippen LogP) is 4.40. The summed E-state index contributed by atoms with van der Waals surface area (Å²) in [6.07, 6.45) is 4.61. The highest BCUT2D eigenvalue weighted by Crippen LogP contribution is 2.20. The van der Waals surface area contributed by atoms with Crippen LogP contribution in [0.1, 0.15) is 31.7 Å². The number of hydrogen-bond donors (Lipinski definition) is 2. The van der Waals surface area contributed by atoms with Crippen molar-refractivity contribution in [2.45, 2.75) is 26.2 Å². The Bertz CT molecular complexity index is 552. The molecule has 0 radical (unpaired) electrons. The minimum Gasteiger partial charge on any atom is -0.332 e. The van der Waals surface area contributed by atoms with Gasteiger partial charge in [-0.25, -0.2) is 0 Å². The summed E-state index contributed by atoms with van der Waals surface area (Å²) in [4.78, 5) is 4.04. The van der Waals surface area contributed by atoms with Gasteiger partial charge in [-0.05, 0) is 54.4 Å². The molecule has 2 N–H and O–H groups in total. The van der Waals surface area contributed by atoms with Gasteiger partial charge in [0.1, 0.15) is 0 Å². The molecule has 3 nitrogen and oxygen atoms in total. The Morgan fingerprint density at radius 2 is 1.85 bits per heavy atom. The molecule has 1 aromatic carbocycles. The smallest absolute Gasteiger partial charge is 0.175 e. The molecule has 0 unspecified atom stereocenters. The van der Waals surface area contributed by atoms with Crippen molar-refractivity contribution >= 4 is 28.7 Å². The monoisotopic (exact) mass is 285 g/mol. The lowest BCUT2D eigenvalue weighted by molar-refractivity contribution is 0.734. The first-order valence-corrected chi connectivity index (χ1v) is 7.18. The number of hydrogen-bond acceptors (Lipinski definition) is 2. The van der Waals surface area contributed by atoms with Crippen LogP contribution in [0.25, 0.3) is 0 Å². The molecule has 20 heavy (non-hydrogen) atoms. The van der Waals surface area contributed by atoms with Gasteiger partial charge in [-0.1, -0.05) is 26.0 Å². The second-order valence-corrected chi connectivity index (χ2v) is 5.16. The minimum atomic E-state index is 0.564. The molecule has 0 saturated carbocycles. The topological polar surface area (TPSA) is 37.0 Å². The third-order valence-electron chi connectivity index (χ3n) is 3.27. The van der Waals surface area contributed by atoms with Gasteiger partial charge in [-0.3, -0.25) is 4.98 Å². The van der Waals surface area contributed by atoms with Crippen molar-refractivity contribution in [1.82, 2.24) is 4.98 Å². The van der Waals surface area contributed by atoms with Gasteiger partial charge >= 0.3 is 0 Å². The van der Waals surface area contributed by atoms with Crippen molar-refractivity contribution in [3.8, 4) is 0 Å². The molecule has 0 saturated heterocycles. The molecule has 104 valence electrons. The third-order valence-corrected chi connectivity index (χ3v) is 3.47. The van der Waals surface area contributed by atoms with E-state index in [0.717, 1.165) is 17.8 Å². The van der Waals surface area contributed by atoms with Gasteiger partial charge in [0.2, 0.25) is 0 Å². The second kappa shape index (κ2) is 7.01. The fourth-order valence-electron chi connectivity index (χ4n) is 1.86. The van der Waals surface area contributed by atoms with Gasteiger partial charge < -0.3 is 10.6 Å². The summed E-state index contributed by atoms with van der Waals surface area (Å²) in [7, 11) is 0. The van der Waals surface area contributed by atoms with Crippen LogP contribution < -0.4 is 10.6 Å². The highest BCUT2D eigenvalue weighted by atomic mass is 32.1. The lowest BCUT2D eigenvalue weighted by Crippen LogP contribution is -2.19. The average molecular weight is 285 g/mol. The van der Waals surface area contributed by atoms with Crippen molar-refractivity contribution in [2.75, 3.05) is 10.6 Å². The van der Waals surface area contributed by atoms with E-state index in [4.69, 9.17) is 12.2 Å². The van der Waals surface area contributed by atoms with E-state index >= 15 is 0 Å². The maximum atomic E-state index is 5.28. The molecular formula is C16H19N3S. The Hall–Kier alpha value is -1.94. The van der Waals surface area contributed by atoms with Gasteiger partial charge in [0.15, 0.2) is 5.11 Å². The Kier molecular flexibility index (Phi) is 5.07. The van der Waals surface area contributed by atoms with Crippen LogP contribution in [-0.4, -0.2) is 10.1 Å². The fourth-order valence-corrected chi connectivity index (χ4v) is 2.10. The van der Waals surface area contributed by atoms with Gasteiger partial charge in [-0.15, -0.1) is 0 Å². The van der Waals surface area contributed by atoms with Crippen LogP contribution in [0.2, 0.25) is 0 Å². The largest absolute Gasteiger partial charge is 0.332 e. The molecule has 0 spiro atoms. The Morgan fingerprint density at radius 1 is 1.15 bits per heavy atom. The van der Waals surface area contributed by atoms with Gasteiger partial charge in [0.25, 0.3) is 0 Å². The lowest BCUT2D eigenvalue weighted by atomic mass is 9.99. The second-order valence-electron chi connectivity index (χ2n) is 4.75. The van der Waals surface area contributed by atoms with Crippen LogP contribution in [0.4, 0.5) is 11.4 Å². The first kappa shape index (κ1) is 14.5. The molecule has 2 rings (SSSR count). The summed E-state index contributed by atoms with van der Waals surface area (Å²) in [5.41, 5.74) is 3.21. The highest BCUT2D eigenvalue weighted by molar-refractivity contribution is 7.80. The van der Waals surface area contributed by atoms with Crippen molar-refractivity contribution in [3.63, 3.8) is 0 Å². The Labute approximate surface area is 125 Å². The van der Waals surface area contributed by atoms with Crippen LogP contribution in [0.5, 0.6) is 0 Å². The summed E-state index contributed by atoms with van der Waals surface area (Å²) >= 11 is 5.28. The SMILES string of the molecule is CC[C@H](C)c1ccc(NC(=S)Nc2cccnc2)cc1. The molecule has 0 bridgehead atoms. The number of rotatable bonds is 4. The van der Waals surface area contributed by atoms with Crippen LogP contribution >= 0.6 is 12.2 Å². The van der Waals surface area contributed by atoms with E-state index < -0.39 is 0 Å². The van der Waals surface area contributed by atoms with Gasteiger partial charge in [0.05, 0.1) is 11.9 Å². The number of anilines is 2. The van der Waals surface area contributed by atoms with E-state index in [9.17, 15) is 0 Å². The van der Waals surface area contributed by atoms with Crippen molar-refractivity contribution in [2.24, 2.45) is 0 Å². The maximum absolute atomic E-state index is 5.28. The Morgan fingerprint density at radius 3 is 2.45 bits per heavy atom. The summed E-state index contributed by atoms with van der Waals surface area (Å²) < 4.78 is 0. The molecule has 1 aromatic heterocycles. The Balaban J connectivity index is 1.94. The number of nitrogens with zero attached hydrogens (tertiary/aromatic N) is 1. The zero-order chi connectivity index (χ0) is 14.4. The van der Waals surface area contributed by atoms with Crippen molar-refractivity contribution in [1.29, 1.82) is 0 Å². The number of thiocarbonyl (C=S) groups is 1. The number of pyridine rings is 1. The quantitative estimate of drug-likeness (QED) is 0.816. The molecule has 4 heteroatoms. The average Bonchev–Trinajstić information content (AvgIpc) is 2.48. The molecule has 0 aliphatic rings. The van der Waals surface area contributed by atoms with E-state index in [0.29, 0.717) is 11.0 Å². The highest BCUT2D eigenvalue weighted by Gasteiger charge is 2.03. The standard InChI is InChI=1S/C16H19N3S/c1-3-12(2)13-6-8-14(9-7-13)18-16(20)19-15-5-4-10-17-11-15/h4-12H,3H2,1-2H3,(H2,18,19,20)/t12-/m0/s1. The van der Waals surface area contributed by atoms with Crippen LogP contribution in [0.3, 0.4) is 0 Å². The van der Waals surface area contributed by atoms with E-state index in [-0.39, 0.29) is 0 Å². The van der Waals surface area contributed by atoms with E-state index in [1.54, 1.807) is 12.4 Å². The van der Waals surface area contributed by atoms with Crippen molar-refractivity contribution in [3.05, 3.63) is 54.4 Å². The maximum Gasteiger partial charge on any atom is 0.175 e. The molecule has 0 amide bonds. The van der Waals surface area contributed by atoms with Crippen LogP contribution in [-0.2, 0) is 0 Å². The van der Waals surface area contributed by atoms with Gasteiger partial charge in [0, 0.05) is 11.9 Å². The first-order chi connectivity index (χ1) is 9.69. The van der Waals surface area contributed by atoms with E-state index in [1.807, 2.05) is 12.1 Å². The first-order valence-electron chi connectivity index (χ1n) is 6.77. The molecular weight excluding hydrogens is 266 g/mol. The molecule has 0 fully saturated rings. The molecule has 1 heterocycles. The summed E-state index contributed by atoms with van der Waals surface area (Å²) in [6.45, 7) is 4.43. The van der Waals surface area contributed by atoms with Crippen LogP contribution in [0, 0.1) is 0 Å². The van der Waals surface area contributed by atoms with E-state index in [2.05, 4.69) is 53.7 Å². The normalized spacial score (nSPS) is 11.7. The molecule has 0 aliphatic heterocycles. The number of aromatic nitrogens is 1. The molecule has 1 atom stereocenters. The third kappa shape index (κ3) is 4.03. The zero-order valence-corrected chi connectivity index (χ0v) is 12.6. The number of nitrogens with one attached hydrogen (secondary N) is 2. The van der Waals surface area contributed by atoms with Gasteiger partial charge in [-0.2, -0.15) is 0 Å². The van der Waals surface area contributed by atoms with Crippen LogP contribution in [0.15, 0.2) is 48.8 Å².